The monoisotopic (exact) mass is 559 g/mol. The number of carbonyl (C=O) groups is 1. The molecule has 3 aromatic heterocycles. The Kier molecular flexibility index (Phi) is 6.59. The van der Waals surface area contributed by atoms with Crippen molar-refractivity contribution in [3.63, 3.8) is 0 Å². The lowest BCUT2D eigenvalue weighted by molar-refractivity contribution is -0.143. The highest BCUT2D eigenvalue weighted by Gasteiger charge is 2.42. The van der Waals surface area contributed by atoms with E-state index in [4.69, 9.17) is 29.6 Å². The van der Waals surface area contributed by atoms with Gasteiger partial charge in [-0.25, -0.2) is 14.1 Å². The second-order valence-electron chi connectivity index (χ2n) is 8.40. The van der Waals surface area contributed by atoms with Crippen LogP contribution in [-0.4, -0.2) is 25.7 Å². The van der Waals surface area contributed by atoms with Gasteiger partial charge in [0.15, 0.2) is 11.5 Å². The summed E-state index contributed by atoms with van der Waals surface area (Å²) in [6.07, 6.45) is 6.05. The number of benzene rings is 1. The number of pyridine rings is 2. The van der Waals surface area contributed by atoms with E-state index in [2.05, 4.69) is 26.3 Å². The van der Waals surface area contributed by atoms with E-state index in [1.165, 1.54) is 30.6 Å². The fraction of sp³-hybridized carbons (Fsp3) is 0.154. The molecule has 1 aromatic carbocycles. The van der Waals surface area contributed by atoms with E-state index in [0.29, 0.717) is 34.3 Å². The molecule has 0 saturated heterocycles. The van der Waals surface area contributed by atoms with Gasteiger partial charge in [0.05, 0.1) is 38.8 Å². The van der Waals surface area contributed by atoms with Gasteiger partial charge in [-0.1, -0.05) is 29.1 Å². The van der Waals surface area contributed by atoms with E-state index < -0.39 is 23.6 Å². The van der Waals surface area contributed by atoms with E-state index >= 15 is 0 Å². The molecule has 1 aliphatic carbocycles. The highest BCUT2D eigenvalue weighted by molar-refractivity contribution is 6.35. The lowest BCUT2D eigenvalue weighted by Crippen LogP contribution is -2.17. The number of alkyl halides is 3. The van der Waals surface area contributed by atoms with Crippen LogP contribution in [0.3, 0.4) is 0 Å². The van der Waals surface area contributed by atoms with Crippen LogP contribution >= 0.6 is 23.2 Å². The minimum absolute atomic E-state index is 0.0568. The average molecular weight is 560 g/mol. The van der Waals surface area contributed by atoms with Gasteiger partial charge in [0.1, 0.15) is 5.82 Å². The third kappa shape index (κ3) is 4.59. The Balaban J connectivity index is 1.43. The Morgan fingerprint density at radius 3 is 2.61 bits per heavy atom. The van der Waals surface area contributed by atoms with Gasteiger partial charge >= 0.3 is 6.18 Å². The van der Waals surface area contributed by atoms with Gasteiger partial charge in [-0.2, -0.15) is 18.3 Å². The van der Waals surface area contributed by atoms with Gasteiger partial charge in [-0.05, 0) is 43.5 Å². The quantitative estimate of drug-likeness (QED) is 0.228. The van der Waals surface area contributed by atoms with Crippen molar-refractivity contribution in [3.8, 4) is 29.3 Å². The zero-order valence-electron chi connectivity index (χ0n) is 19.2. The van der Waals surface area contributed by atoms with Gasteiger partial charge in [-0.3, -0.25) is 9.78 Å². The van der Waals surface area contributed by atoms with Crippen molar-refractivity contribution in [2.45, 2.75) is 25.4 Å². The molecule has 3 heterocycles. The number of hydrogen-bond acceptors (Lipinski definition) is 4. The van der Waals surface area contributed by atoms with E-state index in [9.17, 15) is 22.4 Å². The van der Waals surface area contributed by atoms with E-state index in [-0.39, 0.29) is 44.7 Å². The van der Waals surface area contributed by atoms with Crippen LogP contribution in [0.2, 0.25) is 10.0 Å². The summed E-state index contributed by atoms with van der Waals surface area (Å²) in [5.74, 6) is 0.646. The number of hydrogen-bond donors (Lipinski definition) is 1. The first-order valence-electron chi connectivity index (χ1n) is 11.1. The Bertz CT molecular complexity index is 1640. The lowest BCUT2D eigenvalue weighted by atomic mass is 10.00. The summed E-state index contributed by atoms with van der Waals surface area (Å²) in [4.78, 5) is 20.8. The third-order valence-corrected chi connectivity index (χ3v) is 6.61. The average Bonchev–Trinajstić information content (AvgIpc) is 3.46. The largest absolute Gasteiger partial charge is 0.433 e. The van der Waals surface area contributed by atoms with Crippen LogP contribution < -0.4 is 5.32 Å². The molecule has 0 spiro atoms. The third-order valence-electron chi connectivity index (χ3n) is 6.02. The fourth-order valence-electron chi connectivity index (χ4n) is 4.36. The topological polar surface area (TPSA) is 72.7 Å². The van der Waals surface area contributed by atoms with Crippen molar-refractivity contribution in [1.29, 1.82) is 0 Å². The molecule has 0 unspecified atom stereocenters. The molecular formula is C26H15Cl2F4N5O. The Labute approximate surface area is 223 Å². The number of fused-ring (bicyclic) bond motifs is 1. The molecule has 0 aliphatic heterocycles. The summed E-state index contributed by atoms with van der Waals surface area (Å²) in [6.45, 7) is 0. The summed E-state index contributed by atoms with van der Waals surface area (Å²) in [5, 5.41) is 6.32. The van der Waals surface area contributed by atoms with Crippen LogP contribution in [0, 0.1) is 18.2 Å². The zero-order chi connectivity index (χ0) is 27.2. The Morgan fingerprint density at radius 1 is 1.11 bits per heavy atom. The molecular weight excluding hydrogens is 545 g/mol. The van der Waals surface area contributed by atoms with Crippen molar-refractivity contribution in [3.05, 3.63) is 86.8 Å². The van der Waals surface area contributed by atoms with Gasteiger partial charge in [0, 0.05) is 29.1 Å². The molecule has 0 bridgehead atoms. The van der Waals surface area contributed by atoms with Gasteiger partial charge < -0.3 is 5.32 Å². The SMILES string of the molecule is C#Cc1cnccc1-c1cc(Cl)c(C(=O)Nc2cnc(-n3nc4c(c3C(F)(F)F)CCC4)c(Cl)c2)cc1F. The van der Waals surface area contributed by atoms with Crippen molar-refractivity contribution in [2.75, 3.05) is 5.32 Å². The smallest absolute Gasteiger partial charge is 0.320 e. The number of anilines is 1. The molecule has 38 heavy (non-hydrogen) atoms. The van der Waals surface area contributed by atoms with Crippen molar-refractivity contribution < 1.29 is 22.4 Å². The first kappa shape index (κ1) is 25.7. The normalized spacial score (nSPS) is 12.8. The number of aromatic nitrogens is 4. The molecule has 1 N–H and O–H groups in total. The molecule has 0 saturated carbocycles. The lowest BCUT2D eigenvalue weighted by Gasteiger charge is -2.14. The Hall–Kier alpha value is -3.94. The van der Waals surface area contributed by atoms with Gasteiger partial charge in [-0.15, -0.1) is 6.42 Å². The first-order chi connectivity index (χ1) is 18.1. The standard InChI is InChI=1S/C26H15Cl2F4N5O/c1-2-13-11-33-7-6-15(13)17-9-19(27)18(10-21(17)29)25(38)35-14-8-20(28)24(34-12-14)37-23(26(30,31)32)16-4-3-5-22(16)36-37/h1,6-12H,3-5H2,(H,35,38). The molecule has 6 nitrogen and oxygen atoms in total. The predicted octanol–water partition coefficient (Wildman–Crippen LogP) is 6.52. The second kappa shape index (κ2) is 9.74. The van der Waals surface area contributed by atoms with E-state index in [0.717, 1.165) is 12.3 Å². The van der Waals surface area contributed by atoms with Crippen molar-refractivity contribution in [1.82, 2.24) is 19.7 Å². The van der Waals surface area contributed by atoms with Crippen LogP contribution in [0.4, 0.5) is 23.2 Å². The minimum Gasteiger partial charge on any atom is -0.320 e. The number of aryl methyl sites for hydroxylation is 1. The summed E-state index contributed by atoms with van der Waals surface area (Å²) in [5.41, 5.74) is 0.250. The van der Waals surface area contributed by atoms with Gasteiger partial charge in [0.25, 0.3) is 5.91 Å². The van der Waals surface area contributed by atoms with E-state index in [1.807, 2.05) is 0 Å². The molecule has 1 aliphatic rings. The zero-order valence-corrected chi connectivity index (χ0v) is 20.7. The van der Waals surface area contributed by atoms with Crippen LogP contribution in [0.5, 0.6) is 0 Å². The minimum atomic E-state index is -4.66. The highest BCUT2D eigenvalue weighted by atomic mass is 35.5. The van der Waals surface area contributed by atoms with Crippen LogP contribution in [-0.2, 0) is 19.0 Å². The Morgan fingerprint density at radius 2 is 1.89 bits per heavy atom. The molecule has 192 valence electrons. The number of terminal acetylenes is 1. The van der Waals surface area contributed by atoms with Crippen LogP contribution in [0.25, 0.3) is 16.9 Å². The number of rotatable bonds is 4. The predicted molar refractivity (Wildman–Crippen MR) is 134 cm³/mol. The summed E-state index contributed by atoms with van der Waals surface area (Å²) in [7, 11) is 0. The highest BCUT2D eigenvalue weighted by Crippen LogP contribution is 2.39. The van der Waals surface area contributed by atoms with E-state index in [1.54, 1.807) is 0 Å². The number of nitrogens with one attached hydrogen (secondary N) is 1. The maximum absolute atomic E-state index is 15.0. The number of nitrogens with zero attached hydrogens (tertiary/aromatic N) is 4. The number of halogens is 6. The molecule has 4 aromatic rings. The molecule has 0 fully saturated rings. The maximum Gasteiger partial charge on any atom is 0.433 e. The molecule has 12 heteroatoms. The summed E-state index contributed by atoms with van der Waals surface area (Å²) >= 11 is 12.5. The molecule has 1 amide bonds. The second-order valence-corrected chi connectivity index (χ2v) is 9.21. The van der Waals surface area contributed by atoms with Crippen molar-refractivity contribution in [2.24, 2.45) is 0 Å². The summed E-state index contributed by atoms with van der Waals surface area (Å²) in [6, 6.07) is 4.98. The number of amides is 1. The molecule has 5 rings (SSSR count). The maximum atomic E-state index is 15.0. The van der Waals surface area contributed by atoms with Gasteiger partial charge in [0.2, 0.25) is 0 Å². The molecule has 0 atom stereocenters. The van der Waals surface area contributed by atoms with Crippen LogP contribution in [0.1, 0.15) is 39.3 Å². The summed E-state index contributed by atoms with van der Waals surface area (Å²) < 4.78 is 57.1. The molecule has 0 radical (unpaired) electrons. The number of carbonyl (C=O) groups excluding carboxylic acids is 1. The van der Waals surface area contributed by atoms with Crippen molar-refractivity contribution >= 4 is 34.8 Å². The fourth-order valence-corrected chi connectivity index (χ4v) is 4.86. The first-order valence-corrected chi connectivity index (χ1v) is 11.9. The van der Waals surface area contributed by atoms with Crippen LogP contribution in [0.15, 0.2) is 42.9 Å².